The van der Waals surface area contributed by atoms with Crippen LogP contribution >= 0.6 is 0 Å². The molecule has 0 bridgehead atoms. The Balaban J connectivity index is 1.27. The molecule has 1 fully saturated rings. The molecule has 1 aromatic heterocycles. The van der Waals surface area contributed by atoms with Crippen molar-refractivity contribution in [2.24, 2.45) is 0 Å². The van der Waals surface area contributed by atoms with E-state index < -0.39 is 6.61 Å². The van der Waals surface area contributed by atoms with Gasteiger partial charge in [-0.3, -0.25) is 9.78 Å². The van der Waals surface area contributed by atoms with Crippen LogP contribution in [0.5, 0.6) is 5.75 Å². The van der Waals surface area contributed by atoms with E-state index >= 15 is 0 Å². The van der Waals surface area contributed by atoms with E-state index in [0.717, 1.165) is 62.1 Å². The smallest absolute Gasteiger partial charge is 0.387 e. The predicted molar refractivity (Wildman–Crippen MR) is 145 cm³/mol. The minimum Gasteiger partial charge on any atom is -0.435 e. The van der Waals surface area contributed by atoms with Crippen molar-refractivity contribution < 1.29 is 18.3 Å². The van der Waals surface area contributed by atoms with Gasteiger partial charge in [0, 0.05) is 49.7 Å². The highest BCUT2D eigenvalue weighted by atomic mass is 19.3. The number of pyridine rings is 1. The number of likely N-dealkylation sites (N-methyl/N-ethyl adjacent to an activating group) is 1. The summed E-state index contributed by atoms with van der Waals surface area (Å²) in [5.74, 6) is -0.0681. The van der Waals surface area contributed by atoms with Crippen LogP contribution in [0.1, 0.15) is 39.2 Å². The first-order valence-electron chi connectivity index (χ1n) is 13.2. The van der Waals surface area contributed by atoms with Crippen LogP contribution in [-0.4, -0.2) is 61.7 Å². The molecule has 8 heteroatoms. The lowest BCUT2D eigenvalue weighted by Gasteiger charge is -2.37. The summed E-state index contributed by atoms with van der Waals surface area (Å²) in [6.07, 6.45) is 4.31. The van der Waals surface area contributed by atoms with Crippen molar-refractivity contribution in [2.45, 2.75) is 45.8 Å². The number of alkyl halides is 2. The van der Waals surface area contributed by atoms with Gasteiger partial charge in [0.1, 0.15) is 11.4 Å². The first kappa shape index (κ1) is 26.1. The molecule has 1 atom stereocenters. The van der Waals surface area contributed by atoms with Gasteiger partial charge in [-0.15, -0.1) is 0 Å². The van der Waals surface area contributed by atoms with E-state index in [2.05, 4.69) is 50.9 Å². The van der Waals surface area contributed by atoms with Gasteiger partial charge in [-0.25, -0.2) is 0 Å². The maximum atomic E-state index is 13.1. The van der Waals surface area contributed by atoms with Crippen molar-refractivity contribution in [3.05, 3.63) is 76.6 Å². The number of nitrogens with zero attached hydrogens (tertiary/aromatic N) is 3. The highest BCUT2D eigenvalue weighted by molar-refractivity contribution is 5.93. The van der Waals surface area contributed by atoms with Gasteiger partial charge in [0.15, 0.2) is 0 Å². The summed E-state index contributed by atoms with van der Waals surface area (Å²) < 4.78 is 29.5. The third kappa shape index (κ3) is 5.65. The Morgan fingerprint density at radius 2 is 1.82 bits per heavy atom. The third-order valence-corrected chi connectivity index (χ3v) is 7.74. The Kier molecular flexibility index (Phi) is 7.61. The van der Waals surface area contributed by atoms with Crippen LogP contribution in [-0.2, 0) is 12.8 Å². The standard InChI is InChI=1S/C30H34F2N4O2/c1-19-4-11-28(36-14-12-35(3)13-15-36)26-17-22(6-8-25(19)26)34-29(37)27-10-5-21(18-33-27)24-9-7-23(16-20(24)2)38-30(31)32/h4-5,7,9-11,16,18,22,30H,6,8,12-15,17H2,1-3H3,(H,34,37)/t22-/m1/s1. The molecule has 0 radical (unpaired) electrons. The van der Waals surface area contributed by atoms with Crippen LogP contribution < -0.4 is 15.0 Å². The second-order valence-electron chi connectivity index (χ2n) is 10.3. The van der Waals surface area contributed by atoms with Gasteiger partial charge in [-0.2, -0.15) is 8.78 Å². The molecule has 38 heavy (non-hydrogen) atoms. The molecular weight excluding hydrogens is 486 g/mol. The number of nitrogens with one attached hydrogen (secondary N) is 1. The molecule has 1 N–H and O–H groups in total. The van der Waals surface area contributed by atoms with Crippen molar-refractivity contribution in [3.8, 4) is 16.9 Å². The minimum atomic E-state index is -2.86. The normalized spacial score (nSPS) is 17.8. The SMILES string of the molecule is Cc1cc(OC(F)F)ccc1-c1ccc(C(=O)N[C@@H]2CCc3c(C)ccc(N4CCN(C)CC4)c3C2)nc1. The lowest BCUT2D eigenvalue weighted by Crippen LogP contribution is -2.45. The number of aromatic nitrogens is 1. The number of aryl methyl sites for hydroxylation is 2. The minimum absolute atomic E-state index is 0.0501. The number of hydrogen-bond donors (Lipinski definition) is 1. The Bertz CT molecular complexity index is 1300. The highest BCUT2D eigenvalue weighted by Gasteiger charge is 2.27. The molecular formula is C30H34F2N4O2. The second-order valence-corrected chi connectivity index (χ2v) is 10.3. The zero-order chi connectivity index (χ0) is 26.8. The quantitative estimate of drug-likeness (QED) is 0.496. The first-order valence-corrected chi connectivity index (χ1v) is 13.2. The fourth-order valence-corrected chi connectivity index (χ4v) is 5.59. The number of hydrogen-bond acceptors (Lipinski definition) is 5. The number of amides is 1. The predicted octanol–water partition coefficient (Wildman–Crippen LogP) is 5.01. The molecule has 2 aliphatic rings. The van der Waals surface area contributed by atoms with Crippen molar-refractivity contribution >= 4 is 11.6 Å². The van der Waals surface area contributed by atoms with Crippen LogP contribution in [0.25, 0.3) is 11.1 Å². The number of fused-ring (bicyclic) bond motifs is 1. The summed E-state index contributed by atoms with van der Waals surface area (Å²) in [7, 11) is 2.16. The zero-order valence-electron chi connectivity index (χ0n) is 22.1. The molecule has 0 unspecified atom stereocenters. The van der Waals surface area contributed by atoms with Gasteiger partial charge in [0.2, 0.25) is 0 Å². The monoisotopic (exact) mass is 520 g/mol. The summed E-state index contributed by atoms with van der Waals surface area (Å²) >= 11 is 0. The summed E-state index contributed by atoms with van der Waals surface area (Å²) in [6.45, 7) is 5.28. The molecule has 6 nitrogen and oxygen atoms in total. The number of carbonyl (C=O) groups is 1. The van der Waals surface area contributed by atoms with Gasteiger partial charge < -0.3 is 19.9 Å². The molecule has 1 saturated heterocycles. The van der Waals surface area contributed by atoms with Crippen LogP contribution in [0.4, 0.5) is 14.5 Å². The van der Waals surface area contributed by atoms with Gasteiger partial charge in [0.05, 0.1) is 0 Å². The van der Waals surface area contributed by atoms with Gasteiger partial charge in [-0.05, 0) is 92.2 Å². The lowest BCUT2D eigenvalue weighted by molar-refractivity contribution is -0.0498. The Morgan fingerprint density at radius 1 is 1.03 bits per heavy atom. The molecule has 3 aromatic rings. The highest BCUT2D eigenvalue weighted by Crippen LogP contribution is 2.34. The Labute approximate surface area is 222 Å². The first-order chi connectivity index (χ1) is 18.3. The fraction of sp³-hybridized carbons (Fsp3) is 0.400. The van der Waals surface area contributed by atoms with Crippen molar-refractivity contribution in [2.75, 3.05) is 38.1 Å². The summed E-state index contributed by atoms with van der Waals surface area (Å²) in [6, 6.07) is 12.9. The molecule has 2 aromatic carbocycles. The van der Waals surface area contributed by atoms with E-state index in [1.54, 1.807) is 24.4 Å². The van der Waals surface area contributed by atoms with Gasteiger partial charge >= 0.3 is 6.61 Å². The number of anilines is 1. The van der Waals surface area contributed by atoms with E-state index in [-0.39, 0.29) is 17.7 Å². The van der Waals surface area contributed by atoms with Crippen LogP contribution in [0.15, 0.2) is 48.7 Å². The Hall–Kier alpha value is -3.52. The average Bonchev–Trinajstić information content (AvgIpc) is 2.89. The number of piperazine rings is 1. The maximum absolute atomic E-state index is 13.1. The molecule has 200 valence electrons. The maximum Gasteiger partial charge on any atom is 0.387 e. The number of ether oxygens (including phenoxy) is 1. The molecule has 0 saturated carbocycles. The van der Waals surface area contributed by atoms with Crippen LogP contribution in [0.3, 0.4) is 0 Å². The number of carbonyl (C=O) groups excluding carboxylic acids is 1. The van der Waals surface area contributed by atoms with Crippen molar-refractivity contribution in [1.29, 1.82) is 0 Å². The topological polar surface area (TPSA) is 57.7 Å². The largest absolute Gasteiger partial charge is 0.435 e. The van der Waals surface area contributed by atoms with Crippen molar-refractivity contribution in [1.82, 2.24) is 15.2 Å². The molecule has 1 aliphatic heterocycles. The molecule has 1 amide bonds. The molecule has 2 heterocycles. The summed E-state index contributed by atoms with van der Waals surface area (Å²) in [5.41, 5.74) is 8.22. The number of rotatable bonds is 6. The fourth-order valence-electron chi connectivity index (χ4n) is 5.59. The summed E-state index contributed by atoms with van der Waals surface area (Å²) in [5, 5.41) is 3.21. The zero-order valence-corrected chi connectivity index (χ0v) is 22.1. The van der Waals surface area contributed by atoms with E-state index in [0.29, 0.717) is 5.69 Å². The van der Waals surface area contributed by atoms with E-state index in [1.165, 1.54) is 28.4 Å². The van der Waals surface area contributed by atoms with E-state index in [4.69, 9.17) is 0 Å². The van der Waals surface area contributed by atoms with Crippen LogP contribution in [0.2, 0.25) is 0 Å². The Morgan fingerprint density at radius 3 is 2.50 bits per heavy atom. The van der Waals surface area contributed by atoms with Crippen molar-refractivity contribution in [3.63, 3.8) is 0 Å². The van der Waals surface area contributed by atoms with Crippen LogP contribution in [0, 0.1) is 13.8 Å². The average molecular weight is 521 g/mol. The van der Waals surface area contributed by atoms with E-state index in [9.17, 15) is 13.6 Å². The summed E-state index contributed by atoms with van der Waals surface area (Å²) in [4.78, 5) is 22.4. The third-order valence-electron chi connectivity index (χ3n) is 7.74. The van der Waals surface area contributed by atoms with Gasteiger partial charge in [0.25, 0.3) is 5.91 Å². The molecule has 1 aliphatic carbocycles. The number of halogens is 2. The van der Waals surface area contributed by atoms with E-state index in [1.807, 2.05) is 13.0 Å². The molecule has 0 spiro atoms. The van der Waals surface area contributed by atoms with Gasteiger partial charge in [-0.1, -0.05) is 18.2 Å². The lowest BCUT2D eigenvalue weighted by atomic mass is 9.84. The molecule has 5 rings (SSSR count). The number of benzene rings is 2. The second kappa shape index (κ2) is 11.1.